The highest BCUT2D eigenvalue weighted by Crippen LogP contribution is 2.28. The largest absolute Gasteiger partial charge is 0.357 e. The van der Waals surface area contributed by atoms with Crippen LogP contribution >= 0.6 is 0 Å². The van der Waals surface area contributed by atoms with Gasteiger partial charge in [0.2, 0.25) is 0 Å². The number of nitrogens with zero attached hydrogens (tertiary/aromatic N) is 1. The molecule has 2 fully saturated rings. The Kier molecular flexibility index (Phi) is 5.14. The molecule has 2 saturated carbocycles. The molecule has 2 aliphatic carbocycles. The maximum Gasteiger partial charge on any atom is 0.191 e. The molecule has 0 spiro atoms. The summed E-state index contributed by atoms with van der Waals surface area (Å²) in [7, 11) is 0. The third kappa shape index (κ3) is 4.97. The second kappa shape index (κ2) is 6.87. The minimum Gasteiger partial charge on any atom is -0.357 e. The Bertz CT molecular complexity index is 240. The van der Waals surface area contributed by atoms with Crippen LogP contribution in [-0.4, -0.2) is 25.1 Å². The van der Waals surface area contributed by atoms with Gasteiger partial charge >= 0.3 is 0 Å². The molecular formula is C14H27N3. The monoisotopic (exact) mass is 237 g/mol. The molecule has 17 heavy (non-hydrogen) atoms. The maximum atomic E-state index is 4.65. The average molecular weight is 237 g/mol. The molecule has 2 N–H and O–H groups in total. The van der Waals surface area contributed by atoms with E-state index < -0.39 is 0 Å². The van der Waals surface area contributed by atoms with Crippen LogP contribution in [0, 0.1) is 5.92 Å². The van der Waals surface area contributed by atoms with E-state index in [2.05, 4.69) is 22.5 Å². The van der Waals surface area contributed by atoms with Gasteiger partial charge in [-0.2, -0.15) is 0 Å². The first kappa shape index (κ1) is 12.7. The van der Waals surface area contributed by atoms with Crippen LogP contribution in [0.3, 0.4) is 0 Å². The fourth-order valence-corrected chi connectivity index (χ4v) is 2.61. The summed E-state index contributed by atoms with van der Waals surface area (Å²) in [6, 6.07) is 0.697. The second-order valence-corrected chi connectivity index (χ2v) is 5.47. The van der Waals surface area contributed by atoms with Gasteiger partial charge in [-0.3, -0.25) is 4.99 Å². The average Bonchev–Trinajstić information content (AvgIpc) is 2.98. The zero-order chi connectivity index (χ0) is 11.9. The predicted molar refractivity (Wildman–Crippen MR) is 73.3 cm³/mol. The Labute approximate surface area is 105 Å². The summed E-state index contributed by atoms with van der Waals surface area (Å²) in [5.41, 5.74) is 0. The topological polar surface area (TPSA) is 36.4 Å². The molecule has 2 aliphatic rings. The van der Waals surface area contributed by atoms with Gasteiger partial charge in [0.1, 0.15) is 0 Å². The highest BCUT2D eigenvalue weighted by atomic mass is 15.2. The molecule has 0 aliphatic heterocycles. The number of nitrogens with one attached hydrogen (secondary N) is 2. The van der Waals surface area contributed by atoms with Gasteiger partial charge in [0.25, 0.3) is 0 Å². The number of aliphatic imine (C=N–C) groups is 1. The van der Waals surface area contributed by atoms with Crippen molar-refractivity contribution in [3.63, 3.8) is 0 Å². The summed E-state index contributed by atoms with van der Waals surface area (Å²) in [4.78, 5) is 4.65. The fourth-order valence-electron chi connectivity index (χ4n) is 2.61. The van der Waals surface area contributed by atoms with Gasteiger partial charge in [-0.1, -0.05) is 25.7 Å². The molecule has 98 valence electrons. The van der Waals surface area contributed by atoms with Crippen LogP contribution in [0.4, 0.5) is 0 Å². The zero-order valence-corrected chi connectivity index (χ0v) is 11.2. The van der Waals surface area contributed by atoms with Gasteiger partial charge in [0, 0.05) is 19.1 Å². The molecule has 0 amide bonds. The Balaban J connectivity index is 1.61. The lowest BCUT2D eigenvalue weighted by molar-refractivity contribution is 0.487. The van der Waals surface area contributed by atoms with Crippen molar-refractivity contribution in [3.05, 3.63) is 0 Å². The highest BCUT2D eigenvalue weighted by molar-refractivity contribution is 5.80. The lowest BCUT2D eigenvalue weighted by Crippen LogP contribution is -2.38. The summed E-state index contributed by atoms with van der Waals surface area (Å²) in [6.07, 6.45) is 11.1. The van der Waals surface area contributed by atoms with Crippen LogP contribution in [0.5, 0.6) is 0 Å². The lowest BCUT2D eigenvalue weighted by atomic mass is 10.0. The molecule has 0 radical (unpaired) electrons. The van der Waals surface area contributed by atoms with Crippen molar-refractivity contribution in [1.82, 2.24) is 10.6 Å². The minimum absolute atomic E-state index is 0.697. The fraction of sp³-hybridized carbons (Fsp3) is 0.929. The van der Waals surface area contributed by atoms with Crippen LogP contribution in [-0.2, 0) is 0 Å². The molecule has 0 heterocycles. The van der Waals surface area contributed by atoms with Crippen molar-refractivity contribution < 1.29 is 0 Å². The molecule has 2 rings (SSSR count). The van der Waals surface area contributed by atoms with Crippen molar-refractivity contribution in [3.8, 4) is 0 Å². The number of hydrogen-bond acceptors (Lipinski definition) is 1. The quantitative estimate of drug-likeness (QED) is 0.423. The summed E-state index contributed by atoms with van der Waals surface area (Å²) >= 11 is 0. The standard InChI is InChI=1S/C14H27N3/c1-2-15-14(17-13-9-10-13)16-11-5-8-12-6-3-4-7-12/h12-13H,2-11H2,1H3,(H2,15,16,17). The van der Waals surface area contributed by atoms with Crippen molar-refractivity contribution in [2.45, 2.75) is 64.3 Å². The third-order valence-corrected chi connectivity index (χ3v) is 3.78. The first-order chi connectivity index (χ1) is 8.38. The summed E-state index contributed by atoms with van der Waals surface area (Å²) < 4.78 is 0. The van der Waals surface area contributed by atoms with Crippen molar-refractivity contribution in [1.29, 1.82) is 0 Å². The van der Waals surface area contributed by atoms with Crippen molar-refractivity contribution >= 4 is 5.96 Å². The number of hydrogen-bond donors (Lipinski definition) is 2. The van der Waals surface area contributed by atoms with Crippen LogP contribution in [0.2, 0.25) is 0 Å². The van der Waals surface area contributed by atoms with Crippen LogP contribution in [0.1, 0.15) is 58.3 Å². The van der Waals surface area contributed by atoms with Gasteiger partial charge in [0.05, 0.1) is 0 Å². The molecule has 0 aromatic heterocycles. The van der Waals surface area contributed by atoms with E-state index in [-0.39, 0.29) is 0 Å². The van der Waals surface area contributed by atoms with E-state index in [0.29, 0.717) is 6.04 Å². The number of rotatable bonds is 6. The Hall–Kier alpha value is -0.730. The molecule has 0 saturated heterocycles. The first-order valence-corrected chi connectivity index (χ1v) is 7.43. The van der Waals surface area contributed by atoms with Gasteiger partial charge < -0.3 is 10.6 Å². The molecule has 0 bridgehead atoms. The smallest absolute Gasteiger partial charge is 0.191 e. The normalized spacial score (nSPS) is 21.8. The van der Waals surface area contributed by atoms with E-state index >= 15 is 0 Å². The minimum atomic E-state index is 0.697. The van der Waals surface area contributed by atoms with Gasteiger partial charge in [-0.15, -0.1) is 0 Å². The Morgan fingerprint density at radius 2 is 1.94 bits per heavy atom. The molecule has 3 heteroatoms. The van der Waals surface area contributed by atoms with Crippen LogP contribution in [0.15, 0.2) is 4.99 Å². The SMILES string of the molecule is CCNC(=NCCCC1CCCC1)NC1CC1. The van der Waals surface area contributed by atoms with E-state index in [9.17, 15) is 0 Å². The Morgan fingerprint density at radius 1 is 1.18 bits per heavy atom. The maximum absolute atomic E-state index is 4.65. The summed E-state index contributed by atoms with van der Waals surface area (Å²) in [5, 5.41) is 6.78. The van der Waals surface area contributed by atoms with Crippen molar-refractivity contribution in [2.24, 2.45) is 10.9 Å². The Morgan fingerprint density at radius 3 is 2.59 bits per heavy atom. The van der Waals surface area contributed by atoms with E-state index in [1.54, 1.807) is 0 Å². The van der Waals surface area contributed by atoms with E-state index in [1.807, 2.05) is 0 Å². The molecule has 0 unspecified atom stereocenters. The second-order valence-electron chi connectivity index (χ2n) is 5.47. The first-order valence-electron chi connectivity index (χ1n) is 7.43. The molecular weight excluding hydrogens is 210 g/mol. The van der Waals surface area contributed by atoms with Gasteiger partial charge in [-0.05, 0) is 38.5 Å². The summed E-state index contributed by atoms with van der Waals surface area (Å²) in [6.45, 7) is 4.07. The van der Waals surface area contributed by atoms with E-state index in [1.165, 1.54) is 51.4 Å². The highest BCUT2D eigenvalue weighted by Gasteiger charge is 2.22. The van der Waals surface area contributed by atoms with Gasteiger partial charge in [-0.25, -0.2) is 0 Å². The predicted octanol–water partition coefficient (Wildman–Crippen LogP) is 2.67. The molecule has 0 aromatic rings. The lowest BCUT2D eigenvalue weighted by Gasteiger charge is -2.11. The van der Waals surface area contributed by atoms with Gasteiger partial charge in [0.15, 0.2) is 5.96 Å². The summed E-state index contributed by atoms with van der Waals surface area (Å²) in [5.74, 6) is 2.03. The van der Waals surface area contributed by atoms with Crippen LogP contribution < -0.4 is 10.6 Å². The molecule has 3 nitrogen and oxygen atoms in total. The number of guanidine groups is 1. The zero-order valence-electron chi connectivity index (χ0n) is 11.2. The van der Waals surface area contributed by atoms with Crippen molar-refractivity contribution in [2.75, 3.05) is 13.1 Å². The van der Waals surface area contributed by atoms with E-state index in [0.717, 1.165) is 25.0 Å². The van der Waals surface area contributed by atoms with Crippen LogP contribution in [0.25, 0.3) is 0 Å². The van der Waals surface area contributed by atoms with E-state index in [4.69, 9.17) is 0 Å². The molecule has 0 atom stereocenters. The molecule has 0 aromatic carbocycles. The third-order valence-electron chi connectivity index (χ3n) is 3.78.